The summed E-state index contributed by atoms with van der Waals surface area (Å²) in [6, 6.07) is 5.11. The molecule has 242 valence electrons. The highest BCUT2D eigenvalue weighted by Gasteiger charge is 2.66. The number of nitrogens with one attached hydrogen (secondary N) is 1. The van der Waals surface area contributed by atoms with Crippen LogP contribution >= 0.6 is 0 Å². The highest BCUT2D eigenvalue weighted by Crippen LogP contribution is 2.62. The number of carbonyl (C=O) groups excluding carboxylic acids is 1. The van der Waals surface area contributed by atoms with Gasteiger partial charge in [0.1, 0.15) is 5.78 Å². The van der Waals surface area contributed by atoms with E-state index in [0.717, 1.165) is 99.7 Å². The number of rotatable bonds is 2. The van der Waals surface area contributed by atoms with E-state index in [4.69, 9.17) is 4.98 Å². The fraction of sp³-hybridized carbons (Fsp3) is 0.556. The van der Waals surface area contributed by atoms with Crippen molar-refractivity contribution in [3.8, 4) is 5.75 Å². The molecule has 10 heteroatoms. The van der Waals surface area contributed by atoms with E-state index in [1.54, 1.807) is 12.3 Å². The number of ketones is 1. The minimum absolute atomic E-state index is 0.0579. The summed E-state index contributed by atoms with van der Waals surface area (Å²) in [7, 11) is 0. The Kier molecular flexibility index (Phi) is 7.30. The molecular weight excluding hydrogens is 582 g/mol. The lowest BCUT2D eigenvalue weighted by Gasteiger charge is -2.58. The first kappa shape index (κ1) is 29.8. The number of H-pyrrole nitrogens is 1. The molecule has 3 fully saturated rings. The first-order valence-electron chi connectivity index (χ1n) is 17.2. The molecule has 0 radical (unpaired) electrons. The Hall–Kier alpha value is -3.60. The Morgan fingerprint density at radius 3 is 2.72 bits per heavy atom. The fourth-order valence-electron chi connectivity index (χ4n) is 10.1. The maximum Gasteiger partial charge on any atom is 0.312 e. The summed E-state index contributed by atoms with van der Waals surface area (Å²) in [5, 5.41) is 37.2. The van der Waals surface area contributed by atoms with Crippen molar-refractivity contribution in [1.29, 1.82) is 0 Å². The van der Waals surface area contributed by atoms with Gasteiger partial charge in [-0.25, -0.2) is 0 Å². The number of piperidine rings is 1. The van der Waals surface area contributed by atoms with Crippen LogP contribution in [-0.4, -0.2) is 84.6 Å². The average Bonchev–Trinajstić information content (AvgIpc) is 3.56. The number of phenolic OH excluding ortho intramolecular Hbond substituents is 1. The molecule has 0 amide bonds. The van der Waals surface area contributed by atoms with Gasteiger partial charge < -0.3 is 20.1 Å². The number of aromatic nitrogens is 2. The maximum atomic E-state index is 13.1. The minimum atomic E-state index is -1.11. The summed E-state index contributed by atoms with van der Waals surface area (Å²) in [6.45, 7) is 3.75. The lowest BCUT2D eigenvalue weighted by Crippen LogP contribution is -2.65. The van der Waals surface area contributed by atoms with Crippen LogP contribution in [0.2, 0.25) is 0 Å². The summed E-state index contributed by atoms with van der Waals surface area (Å²) >= 11 is 0. The molecule has 1 spiro atoms. The molecule has 3 saturated heterocycles. The van der Waals surface area contributed by atoms with Crippen molar-refractivity contribution in [2.75, 3.05) is 26.2 Å². The smallest absolute Gasteiger partial charge is 0.312 e. The molecule has 6 atom stereocenters. The maximum absolute atomic E-state index is 13.1. The van der Waals surface area contributed by atoms with Crippen LogP contribution in [0.5, 0.6) is 5.75 Å². The van der Waals surface area contributed by atoms with Crippen LogP contribution in [0.25, 0.3) is 27.4 Å². The van der Waals surface area contributed by atoms with Crippen molar-refractivity contribution in [2.24, 2.45) is 11.3 Å². The van der Waals surface area contributed by atoms with E-state index in [1.165, 1.54) is 6.07 Å². The second kappa shape index (κ2) is 11.3. The standard InChI is InChI=1S/C36H43N5O5/c42-24-8-7-18-40-23(9-10-24)20-35-22-39-17-6-4-2-1-3-5-15-36(44,34(35)40)21-27(28(35)14-19-39)30-31-26(13-16-37-30)25-11-12-29(41(45)46)33(43)32(25)38-31/h1,3,11-13,16,21,23,28,34,38,43-44H,2,4-10,14-15,17-20,22H2/b3-1-/t23-,28-,34+,35-,36-/m0/s1. The number of hydrogen-bond acceptors (Lipinski definition) is 8. The Morgan fingerprint density at radius 2 is 1.85 bits per heavy atom. The van der Waals surface area contributed by atoms with Gasteiger partial charge in [-0.05, 0) is 107 Å². The fourth-order valence-corrected chi connectivity index (χ4v) is 10.1. The van der Waals surface area contributed by atoms with Crippen LogP contribution in [0.15, 0.2) is 42.6 Å². The summed E-state index contributed by atoms with van der Waals surface area (Å²) in [5.41, 5.74) is 1.17. The Labute approximate surface area is 268 Å². The molecule has 10 nitrogen and oxygen atoms in total. The van der Waals surface area contributed by atoms with Gasteiger partial charge in [-0.3, -0.25) is 24.8 Å². The number of aliphatic hydroxyl groups is 1. The zero-order chi connectivity index (χ0) is 31.6. The van der Waals surface area contributed by atoms with Crippen LogP contribution in [0, 0.1) is 21.4 Å². The highest BCUT2D eigenvalue weighted by atomic mass is 16.6. The Balaban J connectivity index is 1.33. The van der Waals surface area contributed by atoms with Gasteiger partial charge in [0.05, 0.1) is 27.3 Å². The van der Waals surface area contributed by atoms with Crippen LogP contribution < -0.4 is 0 Å². The number of Topliss-reactive ketones (excluding diaryl/α,β-unsaturated/α-hetero) is 1. The quantitative estimate of drug-likeness (QED) is 0.183. The summed E-state index contributed by atoms with van der Waals surface area (Å²) in [6.07, 6.45) is 17.9. The molecule has 6 heterocycles. The lowest BCUT2D eigenvalue weighted by atomic mass is 9.54. The molecule has 8 rings (SSSR count). The van der Waals surface area contributed by atoms with E-state index in [2.05, 4.69) is 33.0 Å². The zero-order valence-corrected chi connectivity index (χ0v) is 26.3. The van der Waals surface area contributed by atoms with Crippen molar-refractivity contribution < 1.29 is 19.9 Å². The van der Waals surface area contributed by atoms with Crippen molar-refractivity contribution in [3.63, 3.8) is 0 Å². The summed E-state index contributed by atoms with van der Waals surface area (Å²) in [5.74, 6) is 0.120. The summed E-state index contributed by atoms with van der Waals surface area (Å²) in [4.78, 5) is 37.2. The van der Waals surface area contributed by atoms with Crippen LogP contribution in [0.4, 0.5) is 5.69 Å². The van der Waals surface area contributed by atoms with Crippen molar-refractivity contribution in [3.05, 3.63) is 58.4 Å². The van der Waals surface area contributed by atoms with E-state index < -0.39 is 10.5 Å². The normalized spacial score (nSPS) is 34.5. The van der Waals surface area contributed by atoms with E-state index in [9.17, 15) is 25.1 Å². The molecule has 2 aromatic heterocycles. The molecule has 46 heavy (non-hydrogen) atoms. The summed E-state index contributed by atoms with van der Waals surface area (Å²) < 4.78 is 0. The molecule has 3 N–H and O–H groups in total. The van der Waals surface area contributed by atoms with Crippen LogP contribution in [0.3, 0.4) is 0 Å². The van der Waals surface area contributed by atoms with Gasteiger partial charge >= 0.3 is 5.69 Å². The van der Waals surface area contributed by atoms with E-state index in [0.29, 0.717) is 35.9 Å². The number of pyridine rings is 1. The number of aromatic amines is 1. The number of phenols is 1. The molecular formula is C36H43N5O5. The largest absolute Gasteiger partial charge is 0.501 e. The Bertz CT molecular complexity index is 1780. The number of benzene rings is 1. The lowest BCUT2D eigenvalue weighted by molar-refractivity contribution is -0.385. The molecule has 1 aromatic carbocycles. The second-order valence-electron chi connectivity index (χ2n) is 14.4. The van der Waals surface area contributed by atoms with Gasteiger partial charge in [0, 0.05) is 59.9 Å². The number of nitro benzene ring substituents is 1. The highest BCUT2D eigenvalue weighted by molar-refractivity contribution is 6.12. The van der Waals surface area contributed by atoms with Crippen LogP contribution in [0.1, 0.15) is 76.3 Å². The zero-order valence-electron chi connectivity index (χ0n) is 26.3. The third-order valence-electron chi connectivity index (χ3n) is 11.9. The number of hydrogen-bond donors (Lipinski definition) is 3. The molecule has 0 saturated carbocycles. The van der Waals surface area contributed by atoms with Crippen LogP contribution in [-0.2, 0) is 4.79 Å². The Morgan fingerprint density at radius 1 is 1.00 bits per heavy atom. The average molecular weight is 626 g/mol. The predicted octanol–water partition coefficient (Wildman–Crippen LogP) is 5.87. The van der Waals surface area contributed by atoms with Crippen molar-refractivity contribution in [2.45, 2.75) is 88.3 Å². The number of carbonyl (C=O) groups is 1. The number of allylic oxidation sites excluding steroid dienone is 3. The van der Waals surface area contributed by atoms with E-state index in [1.807, 2.05) is 6.07 Å². The van der Waals surface area contributed by atoms with Crippen molar-refractivity contribution in [1.82, 2.24) is 19.8 Å². The van der Waals surface area contributed by atoms with Crippen molar-refractivity contribution >= 4 is 38.8 Å². The van der Waals surface area contributed by atoms with Gasteiger partial charge in [-0.15, -0.1) is 0 Å². The van der Waals surface area contributed by atoms with Gasteiger partial charge in [-0.1, -0.05) is 12.2 Å². The predicted molar refractivity (Wildman–Crippen MR) is 176 cm³/mol. The molecule has 1 unspecified atom stereocenters. The first-order chi connectivity index (χ1) is 22.3. The molecule has 3 bridgehead atoms. The molecule has 1 aliphatic carbocycles. The van der Waals surface area contributed by atoms with Gasteiger partial charge in [-0.2, -0.15) is 0 Å². The molecule has 4 aliphatic heterocycles. The number of nitrogens with zero attached hydrogens (tertiary/aromatic N) is 4. The third-order valence-corrected chi connectivity index (χ3v) is 11.9. The first-order valence-corrected chi connectivity index (χ1v) is 17.2. The number of aromatic hydroxyl groups is 1. The van der Waals surface area contributed by atoms with Gasteiger partial charge in [0.25, 0.3) is 0 Å². The number of nitro groups is 1. The van der Waals surface area contributed by atoms with E-state index in [-0.39, 0.29) is 34.9 Å². The topological polar surface area (TPSA) is 136 Å². The third kappa shape index (κ3) is 4.63. The van der Waals surface area contributed by atoms with Gasteiger partial charge in [0.15, 0.2) is 0 Å². The number of fused-ring (bicyclic) bond motifs is 5. The van der Waals surface area contributed by atoms with E-state index >= 15 is 0 Å². The SMILES string of the molecule is O=C1CCCN2[C@@H](CC1)C[C@]13CN4CCCC/C=C\CC[C@](O)(C=C(c5nccc6c5[nH]c5c(O)c([N+](=O)[O-])ccc56)[C@@H]1CC4)[C@H]23. The molecule has 3 aromatic rings. The monoisotopic (exact) mass is 625 g/mol. The minimum Gasteiger partial charge on any atom is -0.501 e. The van der Waals surface area contributed by atoms with Gasteiger partial charge in [0.2, 0.25) is 5.75 Å². The second-order valence-corrected chi connectivity index (χ2v) is 14.4. The molecule has 5 aliphatic rings.